The summed E-state index contributed by atoms with van der Waals surface area (Å²) in [4.78, 5) is 0. The van der Waals surface area contributed by atoms with Crippen molar-refractivity contribution < 1.29 is 0 Å². The molecule has 0 atom stereocenters. The second-order valence-corrected chi connectivity index (χ2v) is 18.3. The van der Waals surface area contributed by atoms with E-state index in [0.29, 0.717) is 22.3 Å². The Morgan fingerprint density at radius 1 is 0.214 bits per heavy atom. The number of rotatable bonds is 4. The first-order valence-corrected chi connectivity index (χ1v) is 23.2. The number of hydrogen-bond donors (Lipinski definition) is 0. The molecule has 0 saturated heterocycles. The molecule has 4 heteroatoms. The van der Waals surface area contributed by atoms with E-state index in [1.165, 1.54) is 32.7 Å². The van der Waals surface area contributed by atoms with Crippen molar-refractivity contribution in [3.8, 4) is 113 Å². The van der Waals surface area contributed by atoms with E-state index in [9.17, 15) is 21.0 Å². The Morgan fingerprint density at radius 2 is 0.514 bits per heavy atom. The van der Waals surface area contributed by atoms with Crippen molar-refractivity contribution in [3.63, 3.8) is 0 Å². The van der Waals surface area contributed by atoms with Crippen LogP contribution in [0.4, 0.5) is 0 Å². The SMILES string of the molecule is N#Cc1cc(C#N)c(-c2cc3c4cc5c(cc4c(-c4cc(-c6ccccc6)c(C#N)cc4C#N)cc3c3cc4c(cc23)-c2cccc3cccc-4c23)-c2cccc3cccc-5c23)cc1-c1ccccc1. The Kier molecular flexibility index (Phi) is 8.21. The molecule has 2 aliphatic carbocycles. The normalized spacial score (nSPS) is 11.7. The molecule has 14 rings (SSSR count). The molecule has 0 unspecified atom stereocenters. The highest BCUT2D eigenvalue weighted by Gasteiger charge is 2.28. The van der Waals surface area contributed by atoms with Crippen LogP contribution in [0.5, 0.6) is 0 Å². The molecule has 2 aliphatic rings. The van der Waals surface area contributed by atoms with E-state index in [4.69, 9.17) is 0 Å². The van der Waals surface area contributed by atoms with Gasteiger partial charge in [-0.1, -0.05) is 133 Å². The number of nitrogens with zero attached hydrogens (tertiary/aromatic N) is 4. The third kappa shape index (κ3) is 5.42. The van der Waals surface area contributed by atoms with Crippen molar-refractivity contribution in [2.45, 2.75) is 0 Å². The molecular weight excluding hydrogens is 849 g/mol. The minimum atomic E-state index is 0.413. The van der Waals surface area contributed by atoms with E-state index in [1.807, 2.05) is 72.8 Å². The summed E-state index contributed by atoms with van der Waals surface area (Å²) in [5, 5.41) is 53.7. The minimum absolute atomic E-state index is 0.413. The predicted octanol–water partition coefficient (Wildman–Crippen LogP) is 16.9. The largest absolute Gasteiger partial charge is 0.192 e. The van der Waals surface area contributed by atoms with Gasteiger partial charge in [0.05, 0.1) is 46.5 Å². The third-order valence-corrected chi connectivity index (χ3v) is 14.9. The average molecular weight is 881 g/mol. The third-order valence-electron chi connectivity index (χ3n) is 14.9. The van der Waals surface area contributed by atoms with E-state index < -0.39 is 0 Å². The molecule has 0 aromatic heterocycles. The summed E-state index contributed by atoms with van der Waals surface area (Å²) in [6, 6.07) is 76.9. The van der Waals surface area contributed by atoms with E-state index in [-0.39, 0.29) is 0 Å². The lowest BCUT2D eigenvalue weighted by atomic mass is 9.82. The Labute approximate surface area is 402 Å². The number of hydrogen-bond acceptors (Lipinski definition) is 4. The smallest absolute Gasteiger partial charge is 0.0998 e. The summed E-state index contributed by atoms with van der Waals surface area (Å²) >= 11 is 0. The van der Waals surface area contributed by atoms with Gasteiger partial charge in [0.25, 0.3) is 0 Å². The molecule has 316 valence electrons. The second kappa shape index (κ2) is 14.7. The standard InChI is InChI=1S/C66H32N4/c67-33-41-23-43(35-69)51(25-49(41)37-11-3-1-4-12-37)57-31-63-62-30-56-48-22-10-18-40-16-8-20-46(66(40)48)54(56)28-60(62)58(52-26-50(38-13-5-2-6-14-38)42(34-68)24-44(52)36-70)32-64(63)61-29-55-47-21-9-17-39-15-7-19-45(65(39)47)53(55)27-59(57)61/h1-32H. The molecule has 0 bridgehead atoms. The van der Waals surface area contributed by atoms with Crippen molar-refractivity contribution in [2.75, 3.05) is 0 Å². The predicted molar refractivity (Wildman–Crippen MR) is 283 cm³/mol. The topological polar surface area (TPSA) is 95.2 Å². The van der Waals surface area contributed by atoms with Crippen LogP contribution in [0.1, 0.15) is 22.3 Å². The first-order chi connectivity index (χ1) is 34.5. The van der Waals surface area contributed by atoms with Crippen LogP contribution >= 0.6 is 0 Å². The van der Waals surface area contributed by atoms with Crippen LogP contribution in [-0.4, -0.2) is 0 Å². The molecule has 0 heterocycles. The lowest BCUT2D eigenvalue weighted by molar-refractivity contribution is 1.44. The Hall–Kier alpha value is -10.1. The molecule has 4 nitrogen and oxygen atoms in total. The van der Waals surface area contributed by atoms with Gasteiger partial charge >= 0.3 is 0 Å². The van der Waals surface area contributed by atoms with E-state index >= 15 is 0 Å². The van der Waals surface area contributed by atoms with Crippen LogP contribution in [0.2, 0.25) is 0 Å². The van der Waals surface area contributed by atoms with Crippen LogP contribution in [0, 0.1) is 45.3 Å². The molecule has 0 fully saturated rings. The van der Waals surface area contributed by atoms with Crippen molar-refractivity contribution in [2.24, 2.45) is 0 Å². The maximum absolute atomic E-state index is 11.0. The molecule has 12 aromatic carbocycles. The van der Waals surface area contributed by atoms with Gasteiger partial charge in [0, 0.05) is 22.3 Å². The fraction of sp³-hybridized carbons (Fsp3) is 0. The molecule has 0 spiro atoms. The number of fused-ring (bicyclic) bond motifs is 11. The van der Waals surface area contributed by atoms with Crippen molar-refractivity contribution in [1.82, 2.24) is 0 Å². The Morgan fingerprint density at radius 3 is 0.857 bits per heavy atom. The zero-order chi connectivity index (χ0) is 46.8. The van der Waals surface area contributed by atoms with Crippen LogP contribution in [-0.2, 0) is 0 Å². The van der Waals surface area contributed by atoms with Crippen LogP contribution in [0.15, 0.2) is 194 Å². The van der Waals surface area contributed by atoms with Crippen LogP contribution in [0.3, 0.4) is 0 Å². The molecule has 70 heavy (non-hydrogen) atoms. The molecule has 12 aromatic rings. The number of benzene rings is 12. The second-order valence-electron chi connectivity index (χ2n) is 18.3. The first-order valence-electron chi connectivity index (χ1n) is 23.2. The highest BCUT2D eigenvalue weighted by molar-refractivity contribution is 6.29. The van der Waals surface area contributed by atoms with Crippen molar-refractivity contribution in [1.29, 1.82) is 21.0 Å². The van der Waals surface area contributed by atoms with Gasteiger partial charge in [-0.25, -0.2) is 0 Å². The minimum Gasteiger partial charge on any atom is -0.192 e. The summed E-state index contributed by atoms with van der Waals surface area (Å²) in [5.74, 6) is 0. The lowest BCUT2D eigenvalue weighted by Crippen LogP contribution is -1.96. The van der Waals surface area contributed by atoms with Gasteiger partial charge in [0.1, 0.15) is 0 Å². The first kappa shape index (κ1) is 39.1. The highest BCUT2D eigenvalue weighted by atomic mass is 14.3. The van der Waals surface area contributed by atoms with E-state index in [2.05, 4.69) is 133 Å². The van der Waals surface area contributed by atoms with Gasteiger partial charge in [0.2, 0.25) is 0 Å². The number of nitriles is 4. The molecule has 0 aliphatic heterocycles. The molecular formula is C66H32N4. The fourth-order valence-corrected chi connectivity index (χ4v) is 11.8. The Balaban J connectivity index is 1.18. The van der Waals surface area contributed by atoms with Crippen LogP contribution < -0.4 is 0 Å². The van der Waals surface area contributed by atoms with E-state index in [0.717, 1.165) is 110 Å². The summed E-state index contributed by atoms with van der Waals surface area (Å²) in [6.45, 7) is 0. The maximum Gasteiger partial charge on any atom is 0.0998 e. The van der Waals surface area contributed by atoms with Gasteiger partial charge in [0.15, 0.2) is 0 Å². The van der Waals surface area contributed by atoms with Crippen molar-refractivity contribution in [3.05, 3.63) is 216 Å². The van der Waals surface area contributed by atoms with Crippen molar-refractivity contribution >= 4 is 53.9 Å². The highest BCUT2D eigenvalue weighted by Crippen LogP contribution is 2.55. The molecule has 0 N–H and O–H groups in total. The summed E-state index contributed by atoms with van der Waals surface area (Å²) in [7, 11) is 0. The lowest BCUT2D eigenvalue weighted by Gasteiger charge is -2.20. The van der Waals surface area contributed by atoms with Gasteiger partial charge in [-0.3, -0.25) is 0 Å². The maximum atomic E-state index is 11.0. The van der Waals surface area contributed by atoms with Crippen LogP contribution in [0.25, 0.3) is 143 Å². The van der Waals surface area contributed by atoms with Gasteiger partial charge in [-0.05, 0) is 181 Å². The summed E-state index contributed by atoms with van der Waals surface area (Å²) < 4.78 is 0. The summed E-state index contributed by atoms with van der Waals surface area (Å²) in [6.07, 6.45) is 0. The molecule has 0 saturated carbocycles. The fourth-order valence-electron chi connectivity index (χ4n) is 11.8. The summed E-state index contributed by atoms with van der Waals surface area (Å²) in [5.41, 5.74) is 17.4. The van der Waals surface area contributed by atoms with E-state index in [1.54, 1.807) is 12.1 Å². The molecule has 0 amide bonds. The van der Waals surface area contributed by atoms with Gasteiger partial charge in [-0.2, -0.15) is 21.0 Å². The monoisotopic (exact) mass is 880 g/mol. The Bertz CT molecular complexity index is 4250. The quantitative estimate of drug-likeness (QED) is 0.165. The zero-order valence-corrected chi connectivity index (χ0v) is 37.3. The molecule has 0 radical (unpaired) electrons. The average Bonchev–Trinajstić information content (AvgIpc) is 3.91. The zero-order valence-electron chi connectivity index (χ0n) is 37.3. The van der Waals surface area contributed by atoms with Gasteiger partial charge in [-0.15, -0.1) is 0 Å². The van der Waals surface area contributed by atoms with Gasteiger partial charge < -0.3 is 0 Å².